The number of nitrogens with zero attached hydrogens (tertiary/aromatic N) is 4. The molecule has 0 unspecified atom stereocenters. The van der Waals surface area contributed by atoms with Gasteiger partial charge in [0, 0.05) is 19.6 Å². The monoisotopic (exact) mass is 269 g/mol. The van der Waals surface area contributed by atoms with E-state index in [1.165, 1.54) is 0 Å². The molecule has 0 radical (unpaired) electrons. The molecule has 0 bridgehead atoms. The molecule has 0 saturated carbocycles. The van der Waals surface area contributed by atoms with Crippen molar-refractivity contribution in [3.05, 3.63) is 0 Å². The normalized spacial score (nSPS) is 15.4. The van der Waals surface area contributed by atoms with Gasteiger partial charge in [-0.3, -0.25) is 0 Å². The quantitative estimate of drug-likeness (QED) is 0.715. The second-order valence-corrected chi connectivity index (χ2v) is 3.94. The molecule has 1 saturated heterocycles. The molecule has 2 rings (SSSR count). The number of anilines is 2. The van der Waals surface area contributed by atoms with Crippen LogP contribution in [0.3, 0.4) is 0 Å². The van der Waals surface area contributed by atoms with E-state index >= 15 is 0 Å². The Morgan fingerprint density at radius 1 is 1.32 bits per heavy atom. The van der Waals surface area contributed by atoms with Gasteiger partial charge in [0.15, 0.2) is 0 Å². The molecule has 1 fully saturated rings. The highest BCUT2D eigenvalue weighted by Gasteiger charge is 2.16. The second-order valence-electron chi connectivity index (χ2n) is 3.94. The molecule has 0 atom stereocenters. The highest BCUT2D eigenvalue weighted by molar-refractivity contribution is 5.38. The van der Waals surface area contributed by atoms with Gasteiger partial charge in [-0.2, -0.15) is 15.0 Å². The third-order valence-electron chi connectivity index (χ3n) is 2.55. The maximum absolute atomic E-state index is 8.78. The molecular weight excluding hydrogens is 250 g/mol. The third-order valence-corrected chi connectivity index (χ3v) is 2.55. The Bertz CT molecular complexity index is 398. The number of rotatable bonds is 6. The van der Waals surface area contributed by atoms with Gasteiger partial charge in [0.05, 0.1) is 19.8 Å². The summed E-state index contributed by atoms with van der Waals surface area (Å²) in [6.07, 6.45) is 0. The van der Waals surface area contributed by atoms with Gasteiger partial charge in [-0.15, -0.1) is 0 Å². The second kappa shape index (κ2) is 7.05. The van der Waals surface area contributed by atoms with Crippen molar-refractivity contribution < 1.29 is 14.6 Å². The van der Waals surface area contributed by atoms with Crippen LogP contribution in [0.15, 0.2) is 0 Å². The van der Waals surface area contributed by atoms with Crippen LogP contribution < -0.4 is 15.0 Å². The van der Waals surface area contributed by atoms with Crippen LogP contribution in [0.2, 0.25) is 0 Å². The molecule has 2 N–H and O–H groups in total. The summed E-state index contributed by atoms with van der Waals surface area (Å²) in [5.74, 6) is 1.05. The van der Waals surface area contributed by atoms with E-state index in [0.717, 1.165) is 13.1 Å². The van der Waals surface area contributed by atoms with E-state index in [9.17, 15) is 0 Å². The Hall–Kier alpha value is -1.67. The standard InChI is InChI=1S/C11H19N5O3/c1-2-12-9-13-10(16-3-6-18-7-4-16)15-11(14-9)19-8-5-17/h17H,2-8H2,1H3,(H,12,13,14,15). The van der Waals surface area contributed by atoms with E-state index < -0.39 is 0 Å². The smallest absolute Gasteiger partial charge is 0.323 e. The van der Waals surface area contributed by atoms with E-state index in [1.807, 2.05) is 11.8 Å². The summed E-state index contributed by atoms with van der Waals surface area (Å²) in [4.78, 5) is 14.8. The Morgan fingerprint density at radius 3 is 2.79 bits per heavy atom. The summed E-state index contributed by atoms with van der Waals surface area (Å²) in [5.41, 5.74) is 0. The van der Waals surface area contributed by atoms with Crippen LogP contribution in [0.25, 0.3) is 0 Å². The van der Waals surface area contributed by atoms with E-state index in [1.54, 1.807) is 0 Å². The summed E-state index contributed by atoms with van der Waals surface area (Å²) in [7, 11) is 0. The molecule has 1 aliphatic heterocycles. The van der Waals surface area contributed by atoms with Crippen molar-refractivity contribution in [3.8, 4) is 6.01 Å². The first kappa shape index (κ1) is 13.8. The van der Waals surface area contributed by atoms with Gasteiger partial charge in [0.2, 0.25) is 11.9 Å². The fourth-order valence-electron chi connectivity index (χ4n) is 1.69. The van der Waals surface area contributed by atoms with Crippen LogP contribution in [0.5, 0.6) is 6.01 Å². The van der Waals surface area contributed by atoms with Crippen LogP contribution in [0.4, 0.5) is 11.9 Å². The molecular formula is C11H19N5O3. The zero-order valence-electron chi connectivity index (χ0n) is 11.0. The topological polar surface area (TPSA) is 92.6 Å². The number of aliphatic hydroxyl groups is 1. The lowest BCUT2D eigenvalue weighted by Crippen LogP contribution is -2.37. The maximum Gasteiger partial charge on any atom is 0.323 e. The first-order valence-corrected chi connectivity index (χ1v) is 6.39. The first-order chi connectivity index (χ1) is 9.33. The predicted octanol–water partition coefficient (Wildman–Crippen LogP) is -0.489. The molecule has 0 amide bonds. The fraction of sp³-hybridized carbons (Fsp3) is 0.727. The number of ether oxygens (including phenoxy) is 2. The van der Waals surface area contributed by atoms with Gasteiger partial charge in [-0.25, -0.2) is 0 Å². The van der Waals surface area contributed by atoms with Crippen LogP contribution >= 0.6 is 0 Å². The number of morpholine rings is 1. The number of aromatic nitrogens is 3. The highest BCUT2D eigenvalue weighted by atomic mass is 16.5. The Balaban J connectivity index is 2.17. The number of hydrogen-bond acceptors (Lipinski definition) is 8. The van der Waals surface area contributed by atoms with Gasteiger partial charge in [0.1, 0.15) is 6.61 Å². The Morgan fingerprint density at radius 2 is 2.11 bits per heavy atom. The van der Waals surface area contributed by atoms with Crippen molar-refractivity contribution in [2.24, 2.45) is 0 Å². The molecule has 8 heteroatoms. The molecule has 0 aromatic carbocycles. The van der Waals surface area contributed by atoms with Gasteiger partial charge < -0.3 is 24.8 Å². The van der Waals surface area contributed by atoms with Crippen molar-refractivity contribution in [2.45, 2.75) is 6.92 Å². The number of hydrogen-bond donors (Lipinski definition) is 2. The van der Waals surface area contributed by atoms with E-state index in [4.69, 9.17) is 14.6 Å². The molecule has 1 aliphatic rings. The van der Waals surface area contributed by atoms with E-state index in [0.29, 0.717) is 31.7 Å². The number of aliphatic hydroxyl groups excluding tert-OH is 1. The molecule has 0 spiro atoms. The number of nitrogens with one attached hydrogen (secondary N) is 1. The largest absolute Gasteiger partial charge is 0.461 e. The zero-order chi connectivity index (χ0) is 13.5. The Kier molecular flexibility index (Phi) is 5.10. The highest BCUT2D eigenvalue weighted by Crippen LogP contribution is 2.16. The first-order valence-electron chi connectivity index (χ1n) is 6.39. The lowest BCUT2D eigenvalue weighted by Gasteiger charge is -2.26. The lowest BCUT2D eigenvalue weighted by atomic mass is 10.4. The molecule has 1 aromatic heterocycles. The lowest BCUT2D eigenvalue weighted by molar-refractivity contribution is 0.122. The molecule has 106 valence electrons. The molecule has 2 heterocycles. The molecule has 8 nitrogen and oxygen atoms in total. The van der Waals surface area contributed by atoms with Crippen LogP contribution in [-0.2, 0) is 4.74 Å². The molecule has 19 heavy (non-hydrogen) atoms. The molecule has 1 aromatic rings. The van der Waals surface area contributed by atoms with E-state index in [2.05, 4.69) is 20.3 Å². The predicted molar refractivity (Wildman–Crippen MR) is 69.6 cm³/mol. The zero-order valence-corrected chi connectivity index (χ0v) is 11.0. The summed E-state index contributed by atoms with van der Waals surface area (Å²) < 4.78 is 10.6. The van der Waals surface area contributed by atoms with Crippen molar-refractivity contribution >= 4 is 11.9 Å². The minimum atomic E-state index is -0.0743. The van der Waals surface area contributed by atoms with Gasteiger partial charge in [0.25, 0.3) is 0 Å². The summed E-state index contributed by atoms with van der Waals surface area (Å²) >= 11 is 0. The van der Waals surface area contributed by atoms with Crippen molar-refractivity contribution in [2.75, 3.05) is 56.3 Å². The minimum Gasteiger partial charge on any atom is -0.461 e. The summed E-state index contributed by atoms with van der Waals surface area (Å²) in [6.45, 7) is 5.58. The summed E-state index contributed by atoms with van der Waals surface area (Å²) in [5, 5.41) is 11.8. The average molecular weight is 269 g/mol. The fourth-order valence-corrected chi connectivity index (χ4v) is 1.69. The van der Waals surface area contributed by atoms with Crippen molar-refractivity contribution in [3.63, 3.8) is 0 Å². The van der Waals surface area contributed by atoms with Gasteiger partial charge in [-0.1, -0.05) is 0 Å². The van der Waals surface area contributed by atoms with Gasteiger partial charge in [-0.05, 0) is 6.92 Å². The molecule has 0 aliphatic carbocycles. The van der Waals surface area contributed by atoms with Crippen LogP contribution in [-0.4, -0.2) is 66.1 Å². The van der Waals surface area contributed by atoms with Crippen LogP contribution in [0, 0.1) is 0 Å². The maximum atomic E-state index is 8.78. The average Bonchev–Trinajstić information content (AvgIpc) is 2.46. The van der Waals surface area contributed by atoms with Crippen LogP contribution in [0.1, 0.15) is 6.92 Å². The Labute approximate surface area is 111 Å². The van der Waals surface area contributed by atoms with Gasteiger partial charge >= 0.3 is 6.01 Å². The summed E-state index contributed by atoms with van der Waals surface area (Å²) in [6, 6.07) is 0.224. The van der Waals surface area contributed by atoms with Crippen molar-refractivity contribution in [1.29, 1.82) is 0 Å². The SMILES string of the molecule is CCNc1nc(OCCO)nc(N2CCOCC2)n1. The minimum absolute atomic E-state index is 0.0743. The third kappa shape index (κ3) is 3.90. The van der Waals surface area contributed by atoms with E-state index in [-0.39, 0.29) is 19.2 Å². The van der Waals surface area contributed by atoms with Crippen molar-refractivity contribution in [1.82, 2.24) is 15.0 Å².